The van der Waals surface area contributed by atoms with Crippen LogP contribution in [0.15, 0.2) is 22.7 Å². The van der Waals surface area contributed by atoms with Gasteiger partial charge in [0.05, 0.1) is 23.1 Å². The highest BCUT2D eigenvalue weighted by atomic mass is 79.9. The molecule has 1 rings (SSSR count). The summed E-state index contributed by atoms with van der Waals surface area (Å²) < 4.78 is 0.676. The lowest BCUT2D eigenvalue weighted by Crippen LogP contribution is -2.32. The molecule has 16 heavy (non-hydrogen) atoms. The molecular formula is C11H10BrClN2O. The zero-order chi connectivity index (χ0) is 12.1. The van der Waals surface area contributed by atoms with Crippen LogP contribution in [0.5, 0.6) is 0 Å². The molecule has 5 heteroatoms. The van der Waals surface area contributed by atoms with Crippen LogP contribution in [-0.2, 0) is 0 Å². The second kappa shape index (κ2) is 5.88. The normalized spacial score (nSPS) is 11.6. The smallest absolute Gasteiger partial charge is 0.253 e. The molecule has 84 valence electrons. The number of nitrogens with one attached hydrogen (secondary N) is 1. The number of rotatable bonds is 3. The first-order chi connectivity index (χ1) is 7.56. The molecule has 1 N–H and O–H groups in total. The van der Waals surface area contributed by atoms with Crippen molar-refractivity contribution in [2.75, 3.05) is 0 Å². The first-order valence-corrected chi connectivity index (χ1v) is 5.85. The summed E-state index contributed by atoms with van der Waals surface area (Å²) in [5, 5.41) is 11.6. The van der Waals surface area contributed by atoms with Gasteiger partial charge in [0.1, 0.15) is 0 Å². The van der Waals surface area contributed by atoms with Crippen molar-refractivity contribution >= 4 is 33.4 Å². The van der Waals surface area contributed by atoms with Crippen LogP contribution in [0, 0.1) is 11.3 Å². The van der Waals surface area contributed by atoms with Gasteiger partial charge < -0.3 is 5.32 Å². The van der Waals surface area contributed by atoms with Gasteiger partial charge in [-0.15, -0.1) is 0 Å². The maximum Gasteiger partial charge on any atom is 0.253 e. The zero-order valence-electron chi connectivity index (χ0n) is 8.63. The lowest BCUT2D eigenvalue weighted by atomic mass is 10.2. The third-order valence-electron chi connectivity index (χ3n) is 1.97. The Hall–Kier alpha value is -1.05. The molecule has 1 aromatic rings. The van der Waals surface area contributed by atoms with Gasteiger partial charge in [-0.1, -0.05) is 17.7 Å². The Morgan fingerprint density at radius 1 is 1.69 bits per heavy atom. The average Bonchev–Trinajstić information content (AvgIpc) is 2.22. The zero-order valence-corrected chi connectivity index (χ0v) is 11.0. The van der Waals surface area contributed by atoms with Crippen LogP contribution in [0.25, 0.3) is 0 Å². The second-order valence-corrected chi connectivity index (χ2v) is 4.57. The monoisotopic (exact) mass is 300 g/mol. The number of nitrogens with zero attached hydrogens (tertiary/aromatic N) is 1. The van der Waals surface area contributed by atoms with Crippen LogP contribution in [0.2, 0.25) is 5.02 Å². The predicted octanol–water partition coefficient (Wildman–Crippen LogP) is 3.13. The van der Waals surface area contributed by atoms with Crippen molar-refractivity contribution in [2.45, 2.75) is 19.4 Å². The molecule has 0 saturated carbocycles. The van der Waals surface area contributed by atoms with E-state index in [0.717, 1.165) is 0 Å². The first-order valence-electron chi connectivity index (χ1n) is 4.68. The van der Waals surface area contributed by atoms with Gasteiger partial charge in [0.2, 0.25) is 0 Å². The van der Waals surface area contributed by atoms with Crippen molar-refractivity contribution in [3.8, 4) is 6.07 Å². The molecular weight excluding hydrogens is 291 g/mol. The quantitative estimate of drug-likeness (QED) is 0.932. The van der Waals surface area contributed by atoms with Gasteiger partial charge in [0.25, 0.3) is 5.91 Å². The number of benzene rings is 1. The number of amides is 1. The summed E-state index contributed by atoms with van der Waals surface area (Å²) in [7, 11) is 0. The number of carbonyl (C=O) groups is 1. The van der Waals surface area contributed by atoms with E-state index in [9.17, 15) is 4.79 Å². The van der Waals surface area contributed by atoms with E-state index in [1.165, 1.54) is 0 Å². The average molecular weight is 302 g/mol. The summed E-state index contributed by atoms with van der Waals surface area (Å²) in [6.45, 7) is 1.77. The van der Waals surface area contributed by atoms with E-state index in [2.05, 4.69) is 21.2 Å². The molecule has 0 heterocycles. The van der Waals surface area contributed by atoms with Gasteiger partial charge in [0.15, 0.2) is 0 Å². The lowest BCUT2D eigenvalue weighted by Gasteiger charge is -2.11. The molecule has 1 atom stereocenters. The van der Waals surface area contributed by atoms with Crippen molar-refractivity contribution in [2.24, 2.45) is 0 Å². The van der Waals surface area contributed by atoms with E-state index in [4.69, 9.17) is 16.9 Å². The van der Waals surface area contributed by atoms with Crippen molar-refractivity contribution < 1.29 is 4.79 Å². The highest BCUT2D eigenvalue weighted by molar-refractivity contribution is 9.10. The summed E-state index contributed by atoms with van der Waals surface area (Å²) in [5.74, 6) is -0.269. The summed E-state index contributed by atoms with van der Waals surface area (Å²) in [6, 6.07) is 6.94. The maximum atomic E-state index is 11.8. The van der Waals surface area contributed by atoms with E-state index in [1.807, 2.05) is 6.07 Å². The van der Waals surface area contributed by atoms with Crippen LogP contribution in [-0.4, -0.2) is 11.9 Å². The molecule has 3 nitrogen and oxygen atoms in total. The fraction of sp³-hybridized carbons (Fsp3) is 0.273. The van der Waals surface area contributed by atoms with Gasteiger partial charge in [-0.3, -0.25) is 4.79 Å². The molecule has 1 unspecified atom stereocenters. The lowest BCUT2D eigenvalue weighted by molar-refractivity contribution is 0.0941. The largest absolute Gasteiger partial charge is 0.349 e. The Bertz CT molecular complexity index is 442. The predicted molar refractivity (Wildman–Crippen MR) is 66.3 cm³/mol. The number of carbonyl (C=O) groups excluding carboxylic acids is 1. The molecule has 0 radical (unpaired) electrons. The van der Waals surface area contributed by atoms with Crippen molar-refractivity contribution in [3.05, 3.63) is 33.3 Å². The minimum Gasteiger partial charge on any atom is -0.349 e. The topological polar surface area (TPSA) is 52.9 Å². The van der Waals surface area contributed by atoms with Crippen molar-refractivity contribution in [1.29, 1.82) is 5.26 Å². The molecule has 0 aliphatic carbocycles. The van der Waals surface area contributed by atoms with Gasteiger partial charge in [-0.2, -0.15) is 5.26 Å². The standard InChI is InChI=1S/C11H10BrClN2O/c1-7(5-6-14)15-11(16)8-3-2-4-9(12)10(8)13/h2-4,7H,5H2,1H3,(H,15,16). The summed E-state index contributed by atoms with van der Waals surface area (Å²) in [5.41, 5.74) is 0.404. The molecule has 1 amide bonds. The van der Waals surface area contributed by atoms with E-state index in [0.29, 0.717) is 15.1 Å². The Morgan fingerprint density at radius 2 is 2.38 bits per heavy atom. The molecule has 1 aromatic carbocycles. The number of hydrogen-bond donors (Lipinski definition) is 1. The molecule has 0 aliphatic rings. The summed E-state index contributed by atoms with van der Waals surface area (Å²) in [4.78, 5) is 11.8. The van der Waals surface area contributed by atoms with Crippen LogP contribution in [0.1, 0.15) is 23.7 Å². The maximum absolute atomic E-state index is 11.8. The molecule has 0 aromatic heterocycles. The van der Waals surface area contributed by atoms with Gasteiger partial charge in [-0.25, -0.2) is 0 Å². The third kappa shape index (κ3) is 3.22. The molecule has 0 aliphatic heterocycles. The Kier molecular flexibility index (Phi) is 4.78. The SMILES string of the molecule is CC(CC#N)NC(=O)c1cccc(Br)c1Cl. The number of halogens is 2. The van der Waals surface area contributed by atoms with Crippen LogP contribution in [0.4, 0.5) is 0 Å². The third-order valence-corrected chi connectivity index (χ3v) is 3.27. The molecule has 0 bridgehead atoms. The van der Waals surface area contributed by atoms with E-state index in [-0.39, 0.29) is 18.4 Å². The molecule has 0 fully saturated rings. The van der Waals surface area contributed by atoms with Gasteiger partial charge in [0, 0.05) is 10.5 Å². The molecule has 0 spiro atoms. The van der Waals surface area contributed by atoms with Gasteiger partial charge >= 0.3 is 0 Å². The Morgan fingerprint density at radius 3 is 3.00 bits per heavy atom. The molecule has 0 saturated heterocycles. The Labute approximate surface area is 108 Å². The van der Waals surface area contributed by atoms with Crippen molar-refractivity contribution in [1.82, 2.24) is 5.32 Å². The fourth-order valence-corrected chi connectivity index (χ4v) is 1.75. The number of hydrogen-bond acceptors (Lipinski definition) is 2. The minimum absolute atomic E-state index is 0.187. The Balaban J connectivity index is 2.82. The number of nitriles is 1. The van der Waals surface area contributed by atoms with Crippen LogP contribution >= 0.6 is 27.5 Å². The first kappa shape index (κ1) is 13.0. The second-order valence-electron chi connectivity index (χ2n) is 3.34. The summed E-state index contributed by atoms with van der Waals surface area (Å²) >= 11 is 9.22. The van der Waals surface area contributed by atoms with E-state index < -0.39 is 0 Å². The minimum atomic E-state index is -0.269. The van der Waals surface area contributed by atoms with Crippen LogP contribution < -0.4 is 5.32 Å². The van der Waals surface area contributed by atoms with Gasteiger partial charge in [-0.05, 0) is 35.0 Å². The van der Waals surface area contributed by atoms with E-state index >= 15 is 0 Å². The highest BCUT2D eigenvalue weighted by Gasteiger charge is 2.14. The summed E-state index contributed by atoms with van der Waals surface area (Å²) in [6.07, 6.45) is 0.275. The van der Waals surface area contributed by atoms with Crippen LogP contribution in [0.3, 0.4) is 0 Å². The highest BCUT2D eigenvalue weighted by Crippen LogP contribution is 2.25. The van der Waals surface area contributed by atoms with E-state index in [1.54, 1.807) is 25.1 Å². The fourth-order valence-electron chi connectivity index (χ4n) is 1.17. The van der Waals surface area contributed by atoms with Crippen molar-refractivity contribution in [3.63, 3.8) is 0 Å².